The Morgan fingerprint density at radius 3 is 2.50 bits per heavy atom. The highest BCUT2D eigenvalue weighted by molar-refractivity contribution is 6.21. The third-order valence-electron chi connectivity index (χ3n) is 4.02. The molecule has 0 saturated carbocycles. The van der Waals surface area contributed by atoms with Crippen LogP contribution in [0.4, 0.5) is 0 Å². The van der Waals surface area contributed by atoms with Crippen LogP contribution in [0.2, 0.25) is 0 Å². The van der Waals surface area contributed by atoms with Crippen molar-refractivity contribution < 1.29 is 9.68 Å². The van der Waals surface area contributed by atoms with E-state index in [-0.39, 0.29) is 0 Å². The Bertz CT molecular complexity index is 840. The van der Waals surface area contributed by atoms with Crippen LogP contribution in [0.15, 0.2) is 48.5 Å². The maximum atomic E-state index is 8.91. The van der Waals surface area contributed by atoms with E-state index in [1.807, 2.05) is 6.07 Å². The van der Waals surface area contributed by atoms with Crippen LogP contribution < -0.4 is 4.65 Å². The first-order valence-electron chi connectivity index (χ1n) is 6.60. The number of rotatable bonds is 2. The third-order valence-corrected chi connectivity index (χ3v) is 4.02. The first-order valence-corrected chi connectivity index (χ1v) is 6.60. The molecule has 0 saturated heterocycles. The Balaban J connectivity index is 2.17. The van der Waals surface area contributed by atoms with Crippen molar-refractivity contribution in [3.63, 3.8) is 0 Å². The Hall–Kier alpha value is -2.26. The molecule has 1 aliphatic rings. The summed E-state index contributed by atoms with van der Waals surface area (Å²) in [7, 11) is 0.735. The highest BCUT2D eigenvalue weighted by Crippen LogP contribution is 2.50. The van der Waals surface area contributed by atoms with E-state index < -0.39 is 0 Å². The average molecular weight is 259 g/mol. The largest absolute Gasteiger partial charge is 0.569 e. The van der Waals surface area contributed by atoms with Gasteiger partial charge in [0.2, 0.25) is 0 Å². The molecule has 20 heavy (non-hydrogen) atoms. The van der Waals surface area contributed by atoms with Gasteiger partial charge < -0.3 is 9.68 Å². The summed E-state index contributed by atoms with van der Waals surface area (Å²) in [4.78, 5) is 0. The molecule has 1 aliphatic carbocycles. The van der Waals surface area contributed by atoms with Gasteiger partial charge in [-0.3, -0.25) is 0 Å². The van der Waals surface area contributed by atoms with Gasteiger partial charge in [0.05, 0.1) is 0 Å². The Morgan fingerprint density at radius 2 is 1.70 bits per heavy atom. The van der Waals surface area contributed by atoms with E-state index >= 15 is 0 Å². The second-order valence-corrected chi connectivity index (χ2v) is 5.06. The maximum absolute atomic E-state index is 8.91. The predicted molar refractivity (Wildman–Crippen MR) is 81.7 cm³/mol. The van der Waals surface area contributed by atoms with Gasteiger partial charge in [0.15, 0.2) is 0 Å². The lowest BCUT2D eigenvalue weighted by atomic mass is 9.98. The minimum atomic E-state index is 0.681. The van der Waals surface area contributed by atoms with E-state index in [2.05, 4.69) is 49.4 Å². The summed E-state index contributed by atoms with van der Waals surface area (Å²) >= 11 is 0. The SMILES string of the molecule is Cc1ccc2c(O[B]O)ccc3c2c1-c1ccccc1-3. The van der Waals surface area contributed by atoms with Crippen molar-refractivity contribution in [1.29, 1.82) is 0 Å². The lowest BCUT2D eigenvalue weighted by Crippen LogP contribution is -2.00. The highest BCUT2D eigenvalue weighted by atomic mass is 16.5. The number of hydrogen-bond acceptors (Lipinski definition) is 2. The molecule has 0 fully saturated rings. The van der Waals surface area contributed by atoms with Crippen molar-refractivity contribution in [2.24, 2.45) is 0 Å². The molecular weight excluding hydrogens is 247 g/mol. The molecule has 95 valence electrons. The van der Waals surface area contributed by atoms with Crippen molar-refractivity contribution in [3.8, 4) is 28.0 Å². The maximum Gasteiger partial charge on any atom is 0.569 e. The molecule has 3 aromatic rings. The van der Waals surface area contributed by atoms with E-state index in [0.29, 0.717) is 5.75 Å². The summed E-state index contributed by atoms with van der Waals surface area (Å²) in [6, 6.07) is 16.6. The smallest absolute Gasteiger partial charge is 0.537 e. The van der Waals surface area contributed by atoms with Gasteiger partial charge in [-0.25, -0.2) is 0 Å². The Morgan fingerprint density at radius 1 is 0.900 bits per heavy atom. The zero-order valence-corrected chi connectivity index (χ0v) is 11.1. The number of benzene rings is 3. The molecule has 4 rings (SSSR count). The molecule has 0 unspecified atom stereocenters. The van der Waals surface area contributed by atoms with E-state index in [4.69, 9.17) is 9.68 Å². The predicted octanol–water partition coefficient (Wildman–Crippen LogP) is 3.70. The van der Waals surface area contributed by atoms with Gasteiger partial charge in [-0.05, 0) is 40.8 Å². The van der Waals surface area contributed by atoms with Crippen molar-refractivity contribution in [1.82, 2.24) is 0 Å². The Kier molecular flexibility index (Phi) is 2.38. The number of hydrogen-bond donors (Lipinski definition) is 1. The molecule has 1 N–H and O–H groups in total. The van der Waals surface area contributed by atoms with E-state index in [0.717, 1.165) is 13.1 Å². The molecule has 0 amide bonds. The quantitative estimate of drug-likeness (QED) is 0.556. The molecule has 0 atom stereocenters. The molecule has 3 aromatic carbocycles. The average Bonchev–Trinajstić information content (AvgIpc) is 2.81. The fourth-order valence-electron chi connectivity index (χ4n) is 3.19. The molecular formula is C17H12BO2. The van der Waals surface area contributed by atoms with E-state index in [1.54, 1.807) is 0 Å². The van der Waals surface area contributed by atoms with Crippen LogP contribution in [0.5, 0.6) is 5.75 Å². The summed E-state index contributed by atoms with van der Waals surface area (Å²) in [5.41, 5.74) is 6.31. The first-order chi connectivity index (χ1) is 9.81. The van der Waals surface area contributed by atoms with Crippen molar-refractivity contribution in [2.75, 3.05) is 0 Å². The lowest BCUT2D eigenvalue weighted by Gasteiger charge is -2.10. The fourth-order valence-corrected chi connectivity index (χ4v) is 3.19. The van der Waals surface area contributed by atoms with Crippen LogP contribution in [0.3, 0.4) is 0 Å². The van der Waals surface area contributed by atoms with Gasteiger partial charge >= 0.3 is 7.69 Å². The molecule has 0 spiro atoms. The number of fused-ring (bicyclic) bond motifs is 3. The summed E-state index contributed by atoms with van der Waals surface area (Å²) in [6.45, 7) is 2.13. The summed E-state index contributed by atoms with van der Waals surface area (Å²) in [5.74, 6) is 0.681. The minimum absolute atomic E-state index is 0.681. The van der Waals surface area contributed by atoms with E-state index in [1.165, 1.54) is 33.2 Å². The second kappa shape index (κ2) is 4.12. The fraction of sp³-hybridized carbons (Fsp3) is 0.0588. The van der Waals surface area contributed by atoms with Gasteiger partial charge in [-0.2, -0.15) is 0 Å². The van der Waals surface area contributed by atoms with Crippen molar-refractivity contribution >= 4 is 18.5 Å². The second-order valence-electron chi connectivity index (χ2n) is 5.06. The van der Waals surface area contributed by atoms with Gasteiger partial charge in [0, 0.05) is 10.8 Å². The minimum Gasteiger partial charge on any atom is -0.537 e. The highest BCUT2D eigenvalue weighted by Gasteiger charge is 2.23. The Labute approximate surface area is 117 Å². The van der Waals surface area contributed by atoms with Crippen LogP contribution in [0.25, 0.3) is 33.0 Å². The van der Waals surface area contributed by atoms with Crippen molar-refractivity contribution in [3.05, 3.63) is 54.1 Å². The summed E-state index contributed by atoms with van der Waals surface area (Å²) < 4.78 is 5.23. The van der Waals surface area contributed by atoms with Gasteiger partial charge in [-0.1, -0.05) is 42.5 Å². The van der Waals surface area contributed by atoms with Crippen LogP contribution >= 0.6 is 0 Å². The zero-order chi connectivity index (χ0) is 13.7. The molecule has 2 nitrogen and oxygen atoms in total. The lowest BCUT2D eigenvalue weighted by molar-refractivity contribution is 0.457. The summed E-state index contributed by atoms with van der Waals surface area (Å²) in [5, 5.41) is 11.2. The third kappa shape index (κ3) is 1.38. The molecule has 0 heterocycles. The zero-order valence-electron chi connectivity index (χ0n) is 11.1. The van der Waals surface area contributed by atoms with Gasteiger partial charge in [-0.15, -0.1) is 0 Å². The molecule has 3 heteroatoms. The normalized spacial score (nSPS) is 11.5. The molecule has 0 aromatic heterocycles. The van der Waals surface area contributed by atoms with E-state index in [9.17, 15) is 0 Å². The molecule has 0 bridgehead atoms. The first kappa shape index (κ1) is 11.6. The van der Waals surface area contributed by atoms with Crippen LogP contribution in [0.1, 0.15) is 5.56 Å². The van der Waals surface area contributed by atoms with Gasteiger partial charge in [0.1, 0.15) is 5.75 Å². The van der Waals surface area contributed by atoms with Gasteiger partial charge in [0.25, 0.3) is 0 Å². The number of aryl methyl sites for hydroxylation is 1. The molecule has 1 radical (unpaired) electrons. The van der Waals surface area contributed by atoms with Crippen molar-refractivity contribution in [2.45, 2.75) is 6.92 Å². The van der Waals surface area contributed by atoms with Crippen LogP contribution in [-0.4, -0.2) is 12.7 Å². The molecule has 0 aliphatic heterocycles. The van der Waals surface area contributed by atoms with Crippen LogP contribution in [0, 0.1) is 6.92 Å². The standard InChI is InChI=1S/C17H12BO2/c1-10-6-7-14-15(20-18-19)9-8-13-11-4-2-3-5-12(11)16(10)17(13)14/h2-9,19H,1H3. The monoisotopic (exact) mass is 259 g/mol. The summed E-state index contributed by atoms with van der Waals surface area (Å²) in [6.07, 6.45) is 0. The van der Waals surface area contributed by atoms with Crippen LogP contribution in [-0.2, 0) is 0 Å². The topological polar surface area (TPSA) is 29.5 Å².